The van der Waals surface area contributed by atoms with E-state index >= 15 is 0 Å². The summed E-state index contributed by atoms with van der Waals surface area (Å²) in [4.78, 5) is 11.9. The van der Waals surface area contributed by atoms with Gasteiger partial charge in [-0.15, -0.1) is 0 Å². The fourth-order valence-electron chi connectivity index (χ4n) is 9.65. The molecule has 0 radical (unpaired) electrons. The van der Waals surface area contributed by atoms with Crippen LogP contribution in [0.1, 0.15) is 18.2 Å². The van der Waals surface area contributed by atoms with Crippen LogP contribution in [-0.4, -0.2) is 39.0 Å². The summed E-state index contributed by atoms with van der Waals surface area (Å²) in [6, 6.07) is 57.9. The van der Waals surface area contributed by atoms with Gasteiger partial charge in [0.2, 0.25) is 0 Å². The molecule has 4 N–H and O–H groups in total. The van der Waals surface area contributed by atoms with E-state index in [0.717, 1.165) is 78.8 Å². The summed E-state index contributed by atoms with van der Waals surface area (Å²) in [5.74, 6) is 1.67. The van der Waals surface area contributed by atoms with Crippen LogP contribution in [0.3, 0.4) is 0 Å². The lowest BCUT2D eigenvalue weighted by Gasteiger charge is -2.23. The van der Waals surface area contributed by atoms with Crippen molar-refractivity contribution in [3.05, 3.63) is 205 Å². The number of amidine groups is 1. The predicted molar refractivity (Wildman–Crippen MR) is 270 cm³/mol. The largest absolute Gasteiger partial charge is 0.384 e. The van der Waals surface area contributed by atoms with Crippen molar-refractivity contribution >= 4 is 77.9 Å². The summed E-state index contributed by atoms with van der Waals surface area (Å²) in [5.41, 5.74) is 26.7. The van der Waals surface area contributed by atoms with Gasteiger partial charge in [0.15, 0.2) is 0 Å². The fourth-order valence-corrected chi connectivity index (χ4v) is 9.65. The van der Waals surface area contributed by atoms with Crippen molar-refractivity contribution < 1.29 is 0 Å². The van der Waals surface area contributed by atoms with E-state index in [-0.39, 0.29) is 6.54 Å². The molecule has 7 aromatic carbocycles. The van der Waals surface area contributed by atoms with Gasteiger partial charge in [-0.1, -0.05) is 133 Å². The van der Waals surface area contributed by atoms with Gasteiger partial charge in [0.25, 0.3) is 0 Å². The molecule has 8 nitrogen and oxygen atoms in total. The molecule has 0 saturated carbocycles. The van der Waals surface area contributed by atoms with Gasteiger partial charge in [0, 0.05) is 79.8 Å². The number of hydrogen-bond donors (Lipinski definition) is 2. The van der Waals surface area contributed by atoms with Crippen molar-refractivity contribution in [1.82, 2.24) is 13.7 Å². The van der Waals surface area contributed by atoms with E-state index in [0.29, 0.717) is 11.7 Å². The van der Waals surface area contributed by atoms with E-state index in [1.165, 1.54) is 27.4 Å². The van der Waals surface area contributed by atoms with Gasteiger partial charge in [0.1, 0.15) is 17.5 Å². The average molecular weight is 831 g/mol. The minimum Gasteiger partial charge on any atom is -0.384 e. The van der Waals surface area contributed by atoms with Crippen LogP contribution in [0.5, 0.6) is 0 Å². The first-order valence-corrected chi connectivity index (χ1v) is 21.7. The van der Waals surface area contributed by atoms with Crippen LogP contribution in [0.2, 0.25) is 0 Å². The maximum absolute atomic E-state index is 6.91. The molecule has 0 aliphatic heterocycles. The molecule has 310 valence electrons. The molecule has 3 heterocycles. The zero-order chi connectivity index (χ0) is 43.3. The summed E-state index contributed by atoms with van der Waals surface area (Å²) < 4.78 is 6.99. The van der Waals surface area contributed by atoms with Crippen LogP contribution in [0.25, 0.3) is 83.1 Å². The first kappa shape index (κ1) is 38.7. The zero-order valence-corrected chi connectivity index (χ0v) is 35.7. The van der Waals surface area contributed by atoms with E-state index in [4.69, 9.17) is 21.5 Å². The van der Waals surface area contributed by atoms with Gasteiger partial charge in [-0.3, -0.25) is 4.57 Å². The van der Waals surface area contributed by atoms with Crippen molar-refractivity contribution in [2.24, 2.45) is 21.5 Å². The van der Waals surface area contributed by atoms with Crippen LogP contribution < -0.4 is 16.4 Å². The van der Waals surface area contributed by atoms with E-state index < -0.39 is 0 Å². The Labute approximate surface area is 371 Å². The number of aliphatic imine (C=N–C) groups is 2. The molecular formula is C56H46N8. The van der Waals surface area contributed by atoms with Crippen molar-refractivity contribution in [2.45, 2.75) is 13.3 Å². The van der Waals surface area contributed by atoms with Gasteiger partial charge in [-0.25, -0.2) is 9.98 Å². The Hall–Kier alpha value is -8.20. The summed E-state index contributed by atoms with van der Waals surface area (Å²) in [6.45, 7) is 2.14. The molecule has 0 amide bonds. The van der Waals surface area contributed by atoms with Crippen LogP contribution in [-0.2, 0) is 6.42 Å². The highest BCUT2D eigenvalue weighted by atomic mass is 15.2. The predicted octanol–water partition coefficient (Wildman–Crippen LogP) is 12.1. The van der Waals surface area contributed by atoms with Gasteiger partial charge < -0.3 is 25.5 Å². The van der Waals surface area contributed by atoms with Crippen LogP contribution in [0.15, 0.2) is 204 Å². The smallest absolute Gasteiger partial charge is 0.144 e. The number of nitrogens with zero attached hydrogens (tertiary/aromatic N) is 6. The van der Waals surface area contributed by atoms with E-state index in [9.17, 15) is 0 Å². The Bertz CT molecular complexity index is 3600. The number of anilines is 1. The maximum Gasteiger partial charge on any atom is 0.144 e. The normalized spacial score (nSPS) is 13.5. The summed E-state index contributed by atoms with van der Waals surface area (Å²) in [6.07, 6.45) is 11.2. The molecule has 0 spiro atoms. The lowest BCUT2D eigenvalue weighted by atomic mass is 9.99. The van der Waals surface area contributed by atoms with E-state index in [1.54, 1.807) is 6.20 Å². The Morgan fingerprint density at radius 2 is 1.23 bits per heavy atom. The second-order valence-corrected chi connectivity index (χ2v) is 16.2. The van der Waals surface area contributed by atoms with Crippen molar-refractivity contribution in [3.63, 3.8) is 0 Å². The molecule has 64 heavy (non-hydrogen) atoms. The zero-order valence-electron chi connectivity index (χ0n) is 35.7. The standard InChI is InChI=1S/C56H46N8/c1-37(62-49-31-16-13-25-42(49)46-34-53-47(33-52(46)62)43-26-14-17-32-50(43)63(53)38-19-6-3-7-20-38)60-55(35-57)59-36-54(58)61(2)48-29-15-12-24-40(48)44-27-18-28-45-41-23-10-5-11-30-51(41)64(56(44)45)39-21-8-4-9-22-39/h3-29,31-34,36H,30,35,57-58H2,1-2H3/b54-36+,59-55+,60-37+. The monoisotopic (exact) mass is 830 g/mol. The second kappa shape index (κ2) is 15.9. The number of fused-ring (bicyclic) bond motifs is 9. The summed E-state index contributed by atoms with van der Waals surface area (Å²) >= 11 is 0. The van der Waals surface area contributed by atoms with Gasteiger partial charge in [-0.2, -0.15) is 0 Å². The third-order valence-electron chi connectivity index (χ3n) is 12.5. The number of aromatic nitrogens is 3. The highest BCUT2D eigenvalue weighted by Crippen LogP contribution is 2.42. The fraction of sp³-hybridized carbons (Fsp3) is 0.0714. The number of para-hydroxylation sites is 6. The first-order chi connectivity index (χ1) is 31.5. The van der Waals surface area contributed by atoms with Crippen LogP contribution in [0.4, 0.5) is 5.69 Å². The highest BCUT2D eigenvalue weighted by molar-refractivity contribution is 6.21. The van der Waals surface area contributed by atoms with Gasteiger partial charge in [0.05, 0.1) is 40.3 Å². The molecule has 1 aliphatic rings. The lowest BCUT2D eigenvalue weighted by molar-refractivity contribution is 1.00. The quantitative estimate of drug-likeness (QED) is 0.124. The second-order valence-electron chi connectivity index (χ2n) is 16.2. The molecule has 0 saturated heterocycles. The highest BCUT2D eigenvalue weighted by Gasteiger charge is 2.23. The molecule has 1 aliphatic carbocycles. The number of nitrogens with two attached hydrogens (primary N) is 2. The van der Waals surface area contributed by atoms with Gasteiger partial charge in [-0.05, 0) is 61.5 Å². The molecule has 10 aromatic rings. The number of rotatable bonds is 7. The molecule has 0 atom stereocenters. The van der Waals surface area contributed by atoms with E-state index in [1.807, 2.05) is 24.9 Å². The molecule has 0 fully saturated rings. The first-order valence-electron chi connectivity index (χ1n) is 21.7. The third kappa shape index (κ3) is 6.34. The average Bonchev–Trinajstić information content (AvgIpc) is 3.88. The molecule has 11 rings (SSSR count). The van der Waals surface area contributed by atoms with Crippen LogP contribution >= 0.6 is 0 Å². The molecule has 3 aromatic heterocycles. The van der Waals surface area contributed by atoms with Crippen molar-refractivity contribution in [3.8, 4) is 22.5 Å². The third-order valence-corrected chi connectivity index (χ3v) is 12.5. The molecule has 0 bridgehead atoms. The van der Waals surface area contributed by atoms with Crippen molar-refractivity contribution in [2.75, 3.05) is 18.5 Å². The number of hydrogen-bond acceptors (Lipinski definition) is 4. The minimum absolute atomic E-state index is 0.125. The molecular weight excluding hydrogens is 785 g/mol. The van der Waals surface area contributed by atoms with Crippen LogP contribution in [0, 0.1) is 0 Å². The van der Waals surface area contributed by atoms with E-state index in [2.05, 4.69) is 196 Å². The Balaban J connectivity index is 0.990. The topological polar surface area (TPSA) is 94.8 Å². The Morgan fingerprint density at radius 1 is 0.625 bits per heavy atom. The maximum atomic E-state index is 6.91. The summed E-state index contributed by atoms with van der Waals surface area (Å²) in [5, 5.41) is 5.85. The number of allylic oxidation sites excluding steroid dienone is 3. The van der Waals surface area contributed by atoms with Gasteiger partial charge >= 0.3 is 0 Å². The lowest BCUT2D eigenvalue weighted by Crippen LogP contribution is -2.23. The van der Waals surface area contributed by atoms with Crippen molar-refractivity contribution in [1.29, 1.82) is 0 Å². The molecule has 0 unspecified atom stereocenters. The SMILES string of the molecule is C\C(=N/C(CN)=N/C=C(\N)N(C)c1ccccc1-c1cccc2c3c(n(-c4ccccc4)c12)CC=CC=C3)n1c2ccccc2c2cc3c(cc21)c1ccccc1n3-c1ccccc1. The minimum atomic E-state index is 0.125. The Kier molecular flexibility index (Phi) is 9.63. The summed E-state index contributed by atoms with van der Waals surface area (Å²) in [7, 11) is 1.98. The number of benzene rings is 7. The Morgan fingerprint density at radius 3 is 2.00 bits per heavy atom. The molecule has 8 heteroatoms.